The zero-order valence-electron chi connectivity index (χ0n) is 8.11. The summed E-state index contributed by atoms with van der Waals surface area (Å²) in [5.41, 5.74) is 0.940. The van der Waals surface area contributed by atoms with E-state index in [2.05, 4.69) is 0 Å². The van der Waals surface area contributed by atoms with E-state index < -0.39 is 11.3 Å². The number of halogens is 1. The fraction of sp³-hybridized carbons (Fsp3) is 0.200. The molecule has 1 rings (SSSR count). The molecule has 5 heteroatoms. The van der Waals surface area contributed by atoms with Crippen LogP contribution in [0.2, 0.25) is 0 Å². The second-order valence-corrected chi connectivity index (χ2v) is 3.41. The molecule has 0 aliphatic heterocycles. The van der Waals surface area contributed by atoms with E-state index in [-0.39, 0.29) is 6.54 Å². The van der Waals surface area contributed by atoms with Crippen LogP contribution in [0.3, 0.4) is 0 Å². The predicted molar refractivity (Wildman–Crippen MR) is 56.1 cm³/mol. The van der Waals surface area contributed by atoms with Crippen LogP contribution in [0.1, 0.15) is 15.9 Å². The molecule has 0 saturated heterocycles. The highest BCUT2D eigenvalue weighted by Crippen LogP contribution is 2.13. The Morgan fingerprint density at radius 2 is 2.00 bits per heavy atom. The van der Waals surface area contributed by atoms with Crippen LogP contribution in [0.4, 0.5) is 4.79 Å². The smallest absolute Gasteiger partial charge is 0.407 e. The molecular formula is C10H10ClNO3. The minimum Gasteiger partial charge on any atom is -0.465 e. The molecule has 0 unspecified atom stereocenters. The van der Waals surface area contributed by atoms with Gasteiger partial charge >= 0.3 is 6.09 Å². The third kappa shape index (κ3) is 2.95. The van der Waals surface area contributed by atoms with Gasteiger partial charge in [-0.3, -0.25) is 4.79 Å². The minimum absolute atomic E-state index is 0.143. The zero-order valence-corrected chi connectivity index (χ0v) is 8.86. The van der Waals surface area contributed by atoms with Gasteiger partial charge in [-0.15, -0.1) is 0 Å². The van der Waals surface area contributed by atoms with Crippen molar-refractivity contribution in [3.8, 4) is 0 Å². The van der Waals surface area contributed by atoms with Gasteiger partial charge in [0, 0.05) is 19.2 Å². The quantitative estimate of drug-likeness (QED) is 0.806. The van der Waals surface area contributed by atoms with Crippen molar-refractivity contribution in [1.82, 2.24) is 4.90 Å². The van der Waals surface area contributed by atoms with Crippen LogP contribution in [0, 0.1) is 0 Å². The average Bonchev–Trinajstić information content (AvgIpc) is 2.18. The van der Waals surface area contributed by atoms with Gasteiger partial charge in [0.1, 0.15) is 0 Å². The van der Waals surface area contributed by atoms with E-state index in [1.165, 1.54) is 7.05 Å². The highest BCUT2D eigenvalue weighted by atomic mass is 35.5. The molecule has 0 bridgehead atoms. The predicted octanol–water partition coefficient (Wildman–Crippen LogP) is 2.18. The third-order valence-electron chi connectivity index (χ3n) is 1.96. The Hall–Kier alpha value is -1.55. The maximum Gasteiger partial charge on any atom is 0.407 e. The van der Waals surface area contributed by atoms with Crippen LogP contribution in [0.5, 0.6) is 0 Å². The summed E-state index contributed by atoms with van der Waals surface area (Å²) < 4.78 is 0. The standard InChI is InChI=1S/C10H10ClNO3/c1-12(10(14)15)6-7-4-2-3-5-8(7)9(11)13/h2-5H,6H2,1H3,(H,14,15). The Labute approximate surface area is 92.1 Å². The van der Waals surface area contributed by atoms with Crippen LogP contribution >= 0.6 is 11.6 Å². The minimum atomic E-state index is -1.05. The molecule has 4 nitrogen and oxygen atoms in total. The summed E-state index contributed by atoms with van der Waals surface area (Å²) in [5, 5.41) is 8.10. The van der Waals surface area contributed by atoms with E-state index in [1.54, 1.807) is 24.3 Å². The van der Waals surface area contributed by atoms with Crippen LogP contribution in [0.15, 0.2) is 24.3 Å². The summed E-state index contributed by atoms with van der Waals surface area (Å²) in [4.78, 5) is 22.7. The first-order chi connectivity index (χ1) is 7.02. The van der Waals surface area contributed by atoms with Crippen molar-refractivity contribution >= 4 is 22.9 Å². The van der Waals surface area contributed by atoms with E-state index in [0.717, 1.165) is 4.90 Å². The van der Waals surface area contributed by atoms with Gasteiger partial charge in [-0.2, -0.15) is 0 Å². The molecule has 15 heavy (non-hydrogen) atoms. The fourth-order valence-corrected chi connectivity index (χ4v) is 1.36. The second kappa shape index (κ2) is 4.79. The fourth-order valence-electron chi connectivity index (χ4n) is 1.17. The molecule has 0 aliphatic carbocycles. The molecule has 1 aromatic carbocycles. The van der Waals surface area contributed by atoms with Crippen molar-refractivity contribution in [3.63, 3.8) is 0 Å². The van der Waals surface area contributed by atoms with Crippen LogP contribution in [-0.4, -0.2) is 28.4 Å². The Bertz CT molecular complexity index is 392. The lowest BCUT2D eigenvalue weighted by Crippen LogP contribution is -2.24. The lowest BCUT2D eigenvalue weighted by atomic mass is 10.1. The number of carbonyl (C=O) groups is 2. The molecular weight excluding hydrogens is 218 g/mol. The van der Waals surface area contributed by atoms with Crippen LogP contribution in [0.25, 0.3) is 0 Å². The van der Waals surface area contributed by atoms with Gasteiger partial charge in [0.25, 0.3) is 5.24 Å². The van der Waals surface area contributed by atoms with Gasteiger partial charge < -0.3 is 10.0 Å². The third-order valence-corrected chi connectivity index (χ3v) is 2.17. The first-order valence-corrected chi connectivity index (χ1v) is 4.62. The van der Waals surface area contributed by atoms with Crippen molar-refractivity contribution in [2.24, 2.45) is 0 Å². The van der Waals surface area contributed by atoms with Crippen molar-refractivity contribution in [2.75, 3.05) is 7.05 Å². The summed E-state index contributed by atoms with van der Waals surface area (Å²) in [6.45, 7) is 0.143. The first kappa shape index (κ1) is 11.5. The molecule has 0 heterocycles. The SMILES string of the molecule is CN(Cc1ccccc1C(=O)Cl)C(=O)O. The average molecular weight is 228 g/mol. The molecule has 1 amide bonds. The zero-order chi connectivity index (χ0) is 11.4. The molecule has 80 valence electrons. The number of carboxylic acid groups (broad SMARTS) is 1. The summed E-state index contributed by atoms with van der Waals surface area (Å²) in [5.74, 6) is 0. The molecule has 0 atom stereocenters. The van der Waals surface area contributed by atoms with Crippen molar-refractivity contribution in [2.45, 2.75) is 6.54 Å². The number of amides is 1. The number of benzene rings is 1. The number of hydrogen-bond donors (Lipinski definition) is 1. The van der Waals surface area contributed by atoms with Crippen molar-refractivity contribution in [1.29, 1.82) is 0 Å². The van der Waals surface area contributed by atoms with Crippen LogP contribution < -0.4 is 0 Å². The first-order valence-electron chi connectivity index (χ1n) is 4.24. The van der Waals surface area contributed by atoms with E-state index in [1.807, 2.05) is 0 Å². The number of hydrogen-bond acceptors (Lipinski definition) is 2. The molecule has 0 radical (unpaired) electrons. The topological polar surface area (TPSA) is 57.6 Å². The molecule has 0 aromatic heterocycles. The van der Waals surface area contributed by atoms with E-state index in [9.17, 15) is 9.59 Å². The van der Waals surface area contributed by atoms with Gasteiger partial charge in [-0.05, 0) is 23.2 Å². The van der Waals surface area contributed by atoms with E-state index >= 15 is 0 Å². The van der Waals surface area contributed by atoms with Gasteiger partial charge in [0.2, 0.25) is 0 Å². The van der Waals surface area contributed by atoms with Gasteiger partial charge in [0.15, 0.2) is 0 Å². The lowest BCUT2D eigenvalue weighted by molar-refractivity contribution is 0.107. The summed E-state index contributed by atoms with van der Waals surface area (Å²) in [6.07, 6.45) is -1.05. The molecule has 0 aliphatic rings. The highest BCUT2D eigenvalue weighted by molar-refractivity contribution is 6.67. The summed E-state index contributed by atoms with van der Waals surface area (Å²) >= 11 is 5.37. The van der Waals surface area contributed by atoms with Gasteiger partial charge in [-0.1, -0.05) is 18.2 Å². The summed E-state index contributed by atoms with van der Waals surface area (Å²) in [7, 11) is 1.43. The van der Waals surface area contributed by atoms with Gasteiger partial charge in [0.05, 0.1) is 0 Å². The molecule has 1 aromatic rings. The van der Waals surface area contributed by atoms with Crippen molar-refractivity contribution in [3.05, 3.63) is 35.4 Å². The maximum atomic E-state index is 11.0. The molecule has 1 N–H and O–H groups in total. The number of carbonyl (C=O) groups excluding carboxylic acids is 1. The van der Waals surface area contributed by atoms with Crippen LogP contribution in [-0.2, 0) is 6.54 Å². The summed E-state index contributed by atoms with van der Waals surface area (Å²) in [6, 6.07) is 6.66. The Balaban J connectivity index is 2.94. The Morgan fingerprint density at radius 1 is 1.40 bits per heavy atom. The van der Waals surface area contributed by atoms with Crippen molar-refractivity contribution < 1.29 is 14.7 Å². The Kier molecular flexibility index (Phi) is 3.68. The monoisotopic (exact) mass is 227 g/mol. The number of rotatable bonds is 3. The number of nitrogens with zero attached hydrogens (tertiary/aromatic N) is 1. The largest absolute Gasteiger partial charge is 0.465 e. The van der Waals surface area contributed by atoms with E-state index in [0.29, 0.717) is 11.1 Å². The molecule has 0 fully saturated rings. The second-order valence-electron chi connectivity index (χ2n) is 3.07. The molecule has 0 saturated carbocycles. The molecule has 0 spiro atoms. The Morgan fingerprint density at radius 3 is 2.53 bits per heavy atom. The van der Waals surface area contributed by atoms with E-state index in [4.69, 9.17) is 16.7 Å². The lowest BCUT2D eigenvalue weighted by Gasteiger charge is -2.14. The highest BCUT2D eigenvalue weighted by Gasteiger charge is 2.12. The van der Waals surface area contributed by atoms with Gasteiger partial charge in [-0.25, -0.2) is 4.79 Å². The maximum absolute atomic E-state index is 11.0. The normalized spacial score (nSPS) is 9.73.